The van der Waals surface area contributed by atoms with E-state index < -0.39 is 5.97 Å². The van der Waals surface area contributed by atoms with E-state index in [0.717, 1.165) is 10.0 Å². The van der Waals surface area contributed by atoms with Gasteiger partial charge in [-0.1, -0.05) is 33.6 Å². The van der Waals surface area contributed by atoms with Gasteiger partial charge in [-0.2, -0.15) is 0 Å². The molecule has 0 atom stereocenters. The van der Waals surface area contributed by atoms with Crippen LogP contribution < -0.4 is 5.32 Å². The third-order valence-corrected chi connectivity index (χ3v) is 2.69. The topological polar surface area (TPSA) is 49.3 Å². The van der Waals surface area contributed by atoms with Crippen molar-refractivity contribution in [3.05, 3.63) is 33.3 Å². The monoisotopic (exact) mass is 291 g/mol. The molecule has 5 heteroatoms. The maximum atomic E-state index is 10.2. The summed E-state index contributed by atoms with van der Waals surface area (Å²) in [6.07, 6.45) is 0.119. The summed E-state index contributed by atoms with van der Waals surface area (Å²) in [7, 11) is 0. The second-order valence-electron chi connectivity index (χ2n) is 3.06. The van der Waals surface area contributed by atoms with Gasteiger partial charge in [-0.3, -0.25) is 4.79 Å². The van der Waals surface area contributed by atoms with Crippen molar-refractivity contribution in [2.45, 2.75) is 13.0 Å². The van der Waals surface area contributed by atoms with Crippen LogP contribution in [0.3, 0.4) is 0 Å². The maximum absolute atomic E-state index is 10.2. The number of rotatable bonds is 5. The third-order valence-electron chi connectivity index (χ3n) is 1.85. The summed E-state index contributed by atoms with van der Waals surface area (Å²) in [5.74, 6) is -0.801. The van der Waals surface area contributed by atoms with E-state index >= 15 is 0 Å². The minimum atomic E-state index is -0.801. The first-order chi connectivity index (χ1) is 7.09. The number of carbonyl (C=O) groups is 1. The van der Waals surface area contributed by atoms with Crippen molar-refractivity contribution >= 4 is 33.5 Å². The zero-order valence-corrected chi connectivity index (χ0v) is 10.3. The highest BCUT2D eigenvalue weighted by atomic mass is 79.9. The highest BCUT2D eigenvalue weighted by Crippen LogP contribution is 2.20. The Labute approximate surface area is 102 Å². The molecule has 0 radical (unpaired) electrons. The number of benzene rings is 1. The van der Waals surface area contributed by atoms with Crippen LogP contribution in [0, 0.1) is 0 Å². The van der Waals surface area contributed by atoms with E-state index in [1.807, 2.05) is 18.2 Å². The Balaban J connectivity index is 2.40. The molecular weight excluding hydrogens is 281 g/mol. The minimum absolute atomic E-state index is 0.119. The molecule has 2 N–H and O–H groups in total. The lowest BCUT2D eigenvalue weighted by Gasteiger charge is -2.05. The summed E-state index contributed by atoms with van der Waals surface area (Å²) in [4.78, 5) is 10.2. The lowest BCUT2D eigenvalue weighted by atomic mass is 10.2. The van der Waals surface area contributed by atoms with Gasteiger partial charge in [0.1, 0.15) is 0 Å². The quantitative estimate of drug-likeness (QED) is 0.820. The standard InChI is InChI=1S/C10H11BrClNO2/c11-8-2-1-7(9(12)5-8)6-13-4-3-10(14)15/h1-2,5,13H,3-4,6H2,(H,14,15). The van der Waals surface area contributed by atoms with Crippen LogP contribution in [-0.4, -0.2) is 17.6 Å². The summed E-state index contributed by atoms with van der Waals surface area (Å²) < 4.78 is 0.932. The van der Waals surface area contributed by atoms with E-state index in [2.05, 4.69) is 21.2 Å². The number of hydrogen-bond acceptors (Lipinski definition) is 2. The molecule has 0 bridgehead atoms. The lowest BCUT2D eigenvalue weighted by molar-refractivity contribution is -0.136. The van der Waals surface area contributed by atoms with Crippen LogP contribution in [0.25, 0.3) is 0 Å². The fourth-order valence-electron chi connectivity index (χ4n) is 1.08. The van der Waals surface area contributed by atoms with Crippen LogP contribution in [0.5, 0.6) is 0 Å². The molecule has 1 aromatic rings. The van der Waals surface area contributed by atoms with E-state index in [0.29, 0.717) is 18.1 Å². The van der Waals surface area contributed by atoms with Crippen molar-refractivity contribution in [3.63, 3.8) is 0 Å². The Morgan fingerprint density at radius 3 is 2.87 bits per heavy atom. The molecule has 1 aromatic carbocycles. The van der Waals surface area contributed by atoms with Crippen molar-refractivity contribution in [2.75, 3.05) is 6.54 Å². The van der Waals surface area contributed by atoms with Crippen LogP contribution in [0.2, 0.25) is 5.02 Å². The molecule has 0 aliphatic heterocycles. The summed E-state index contributed by atoms with van der Waals surface area (Å²) in [5, 5.41) is 12.1. The Morgan fingerprint density at radius 2 is 2.27 bits per heavy atom. The maximum Gasteiger partial charge on any atom is 0.304 e. The van der Waals surface area contributed by atoms with Gasteiger partial charge in [-0.05, 0) is 17.7 Å². The number of carboxylic acid groups (broad SMARTS) is 1. The molecule has 0 spiro atoms. The summed E-state index contributed by atoms with van der Waals surface area (Å²) >= 11 is 9.30. The first-order valence-corrected chi connectivity index (χ1v) is 5.63. The number of hydrogen-bond donors (Lipinski definition) is 2. The van der Waals surface area contributed by atoms with Gasteiger partial charge in [0.05, 0.1) is 6.42 Å². The zero-order chi connectivity index (χ0) is 11.3. The number of halogens is 2. The fraction of sp³-hybridized carbons (Fsp3) is 0.300. The molecule has 15 heavy (non-hydrogen) atoms. The molecular formula is C10H11BrClNO2. The predicted octanol–water partition coefficient (Wildman–Crippen LogP) is 2.67. The molecule has 0 fully saturated rings. The molecule has 1 rings (SSSR count). The van der Waals surface area contributed by atoms with Gasteiger partial charge in [0.15, 0.2) is 0 Å². The molecule has 0 amide bonds. The van der Waals surface area contributed by atoms with Crippen molar-refractivity contribution in [3.8, 4) is 0 Å². The highest BCUT2D eigenvalue weighted by Gasteiger charge is 2.01. The van der Waals surface area contributed by atoms with Gasteiger partial charge in [0.2, 0.25) is 0 Å². The molecule has 0 saturated carbocycles. The van der Waals surface area contributed by atoms with E-state index in [1.165, 1.54) is 0 Å². The average Bonchev–Trinajstić information content (AvgIpc) is 2.14. The Morgan fingerprint density at radius 1 is 1.53 bits per heavy atom. The number of aliphatic carboxylic acids is 1. The first kappa shape index (κ1) is 12.5. The minimum Gasteiger partial charge on any atom is -0.481 e. The van der Waals surface area contributed by atoms with Gasteiger partial charge in [0, 0.05) is 22.6 Å². The highest BCUT2D eigenvalue weighted by molar-refractivity contribution is 9.10. The average molecular weight is 293 g/mol. The molecule has 0 unspecified atom stereocenters. The second kappa shape index (κ2) is 6.10. The second-order valence-corrected chi connectivity index (χ2v) is 4.38. The van der Waals surface area contributed by atoms with Crippen LogP contribution in [0.4, 0.5) is 0 Å². The van der Waals surface area contributed by atoms with Gasteiger partial charge in [-0.25, -0.2) is 0 Å². The Bertz CT molecular complexity index is 357. The Kier molecular flexibility index (Phi) is 5.08. The van der Waals surface area contributed by atoms with Crippen LogP contribution in [-0.2, 0) is 11.3 Å². The van der Waals surface area contributed by atoms with Crippen LogP contribution >= 0.6 is 27.5 Å². The predicted molar refractivity (Wildman–Crippen MR) is 63.1 cm³/mol. The fourth-order valence-corrected chi connectivity index (χ4v) is 1.82. The van der Waals surface area contributed by atoms with E-state index in [-0.39, 0.29) is 6.42 Å². The van der Waals surface area contributed by atoms with E-state index in [4.69, 9.17) is 16.7 Å². The van der Waals surface area contributed by atoms with Gasteiger partial charge in [0.25, 0.3) is 0 Å². The molecule has 82 valence electrons. The molecule has 0 aliphatic carbocycles. The lowest BCUT2D eigenvalue weighted by Crippen LogP contribution is -2.17. The van der Waals surface area contributed by atoms with Gasteiger partial charge >= 0.3 is 5.97 Å². The van der Waals surface area contributed by atoms with Crippen molar-refractivity contribution in [1.82, 2.24) is 5.32 Å². The van der Waals surface area contributed by atoms with Crippen molar-refractivity contribution in [2.24, 2.45) is 0 Å². The molecule has 0 heterocycles. The third kappa shape index (κ3) is 4.64. The number of carboxylic acids is 1. The van der Waals surface area contributed by atoms with Crippen LogP contribution in [0.1, 0.15) is 12.0 Å². The van der Waals surface area contributed by atoms with Crippen LogP contribution in [0.15, 0.2) is 22.7 Å². The Hall–Kier alpha value is -0.580. The van der Waals surface area contributed by atoms with Crippen molar-refractivity contribution < 1.29 is 9.90 Å². The van der Waals surface area contributed by atoms with E-state index in [1.54, 1.807) is 0 Å². The summed E-state index contributed by atoms with van der Waals surface area (Å²) in [6, 6.07) is 5.62. The van der Waals surface area contributed by atoms with Crippen molar-refractivity contribution in [1.29, 1.82) is 0 Å². The largest absolute Gasteiger partial charge is 0.481 e. The normalized spacial score (nSPS) is 10.3. The smallest absolute Gasteiger partial charge is 0.304 e. The SMILES string of the molecule is O=C(O)CCNCc1ccc(Br)cc1Cl. The molecule has 0 aromatic heterocycles. The van der Waals surface area contributed by atoms with Gasteiger partial charge < -0.3 is 10.4 Å². The zero-order valence-electron chi connectivity index (χ0n) is 7.96. The van der Waals surface area contributed by atoms with E-state index in [9.17, 15) is 4.79 Å². The summed E-state index contributed by atoms with van der Waals surface area (Å²) in [5.41, 5.74) is 0.963. The molecule has 0 aliphatic rings. The van der Waals surface area contributed by atoms with Gasteiger partial charge in [-0.15, -0.1) is 0 Å². The molecule has 3 nitrogen and oxygen atoms in total. The first-order valence-electron chi connectivity index (χ1n) is 4.46. The molecule has 0 saturated heterocycles. The summed E-state index contributed by atoms with van der Waals surface area (Å²) in [6.45, 7) is 1.03. The number of nitrogens with one attached hydrogen (secondary N) is 1.